The Balaban J connectivity index is 2.09. The summed E-state index contributed by atoms with van der Waals surface area (Å²) in [7, 11) is 1.34. The molecule has 0 fully saturated rings. The Labute approximate surface area is 183 Å². The number of halogens is 4. The Morgan fingerprint density at radius 2 is 1.75 bits per heavy atom. The summed E-state index contributed by atoms with van der Waals surface area (Å²) in [4.78, 5) is 12.2. The molecule has 1 aromatic heterocycles. The third kappa shape index (κ3) is 4.50. The molecule has 0 amide bonds. The first-order valence-corrected chi connectivity index (χ1v) is 10.0. The van der Waals surface area contributed by atoms with Crippen molar-refractivity contribution < 1.29 is 27.4 Å². The molecular formula is C24H25F4NO3. The second kappa shape index (κ2) is 8.24. The van der Waals surface area contributed by atoms with Crippen molar-refractivity contribution in [1.82, 2.24) is 4.57 Å². The zero-order chi connectivity index (χ0) is 23.9. The highest BCUT2D eigenvalue weighted by atomic mass is 19.4. The summed E-state index contributed by atoms with van der Waals surface area (Å²) in [6, 6.07) is 9.64. The predicted octanol–water partition coefficient (Wildman–Crippen LogP) is 5.12. The van der Waals surface area contributed by atoms with E-state index in [4.69, 9.17) is 4.74 Å². The van der Waals surface area contributed by atoms with Crippen LogP contribution in [0.3, 0.4) is 0 Å². The lowest BCUT2D eigenvalue weighted by atomic mass is 9.74. The lowest BCUT2D eigenvalue weighted by Crippen LogP contribution is -2.52. The van der Waals surface area contributed by atoms with Crippen molar-refractivity contribution in [3.05, 3.63) is 75.8 Å². The van der Waals surface area contributed by atoms with Crippen molar-refractivity contribution in [2.45, 2.75) is 50.9 Å². The zero-order valence-corrected chi connectivity index (χ0v) is 18.3. The molecule has 0 bridgehead atoms. The second-order valence-corrected chi connectivity index (χ2v) is 8.76. The average molecular weight is 451 g/mol. The number of aryl methyl sites for hydroxylation is 1. The molecule has 0 aliphatic carbocycles. The molecule has 8 heteroatoms. The molecule has 32 heavy (non-hydrogen) atoms. The van der Waals surface area contributed by atoms with E-state index in [-0.39, 0.29) is 27.6 Å². The molecule has 0 saturated carbocycles. The van der Waals surface area contributed by atoms with Crippen LogP contribution in [-0.2, 0) is 12.0 Å². The fourth-order valence-electron chi connectivity index (χ4n) is 4.13. The number of benzene rings is 2. The van der Waals surface area contributed by atoms with Crippen molar-refractivity contribution in [2.24, 2.45) is 0 Å². The van der Waals surface area contributed by atoms with Crippen LogP contribution >= 0.6 is 0 Å². The predicted molar refractivity (Wildman–Crippen MR) is 115 cm³/mol. The summed E-state index contributed by atoms with van der Waals surface area (Å²) < 4.78 is 63.0. The number of methoxy groups -OCH3 is 1. The topological polar surface area (TPSA) is 51.5 Å². The van der Waals surface area contributed by atoms with Crippen LogP contribution in [0, 0.1) is 12.7 Å². The minimum absolute atomic E-state index is 0.211. The highest BCUT2D eigenvalue weighted by Gasteiger charge is 2.56. The maximum absolute atomic E-state index is 14.2. The van der Waals surface area contributed by atoms with E-state index >= 15 is 0 Å². The molecule has 1 unspecified atom stereocenters. The fraction of sp³-hybridized carbons (Fsp3) is 0.375. The van der Waals surface area contributed by atoms with Crippen LogP contribution in [0.2, 0.25) is 0 Å². The smallest absolute Gasteiger partial charge is 0.418 e. The van der Waals surface area contributed by atoms with Gasteiger partial charge in [-0.15, -0.1) is 0 Å². The van der Waals surface area contributed by atoms with Gasteiger partial charge in [-0.1, -0.05) is 25.5 Å². The number of aromatic nitrogens is 1. The van der Waals surface area contributed by atoms with Crippen molar-refractivity contribution >= 4 is 10.9 Å². The maximum Gasteiger partial charge on any atom is 0.418 e. The molecule has 0 radical (unpaired) electrons. The number of nitrogens with zero attached hydrogens (tertiary/aromatic N) is 1. The number of hydrogen-bond donors (Lipinski definition) is 1. The average Bonchev–Trinajstić information content (AvgIpc) is 2.69. The molecule has 0 spiro atoms. The van der Waals surface area contributed by atoms with Gasteiger partial charge in [0.2, 0.25) is 0 Å². The van der Waals surface area contributed by atoms with E-state index in [0.29, 0.717) is 0 Å². The van der Waals surface area contributed by atoms with Crippen LogP contribution in [0.25, 0.3) is 10.9 Å². The van der Waals surface area contributed by atoms with Gasteiger partial charge in [0.1, 0.15) is 11.6 Å². The first-order valence-electron chi connectivity index (χ1n) is 10.0. The first kappa shape index (κ1) is 23.8. The Hall–Kier alpha value is -2.87. The molecule has 2 aromatic carbocycles. The Bertz CT molecular complexity index is 1200. The van der Waals surface area contributed by atoms with Gasteiger partial charge in [-0.2, -0.15) is 13.2 Å². The number of rotatable bonds is 6. The normalized spacial score (nSPS) is 14.4. The summed E-state index contributed by atoms with van der Waals surface area (Å²) in [6.07, 6.45) is -4.51. The molecule has 3 rings (SSSR count). The van der Waals surface area contributed by atoms with Crippen molar-refractivity contribution in [3.8, 4) is 5.75 Å². The number of alkyl halides is 3. The van der Waals surface area contributed by atoms with Gasteiger partial charge in [-0.3, -0.25) is 4.79 Å². The second-order valence-electron chi connectivity index (χ2n) is 8.76. The maximum atomic E-state index is 14.2. The minimum Gasteiger partial charge on any atom is -0.496 e. The van der Waals surface area contributed by atoms with Gasteiger partial charge in [0.25, 0.3) is 0 Å². The lowest BCUT2D eigenvalue weighted by Gasteiger charge is -2.39. The summed E-state index contributed by atoms with van der Waals surface area (Å²) >= 11 is 0. The zero-order valence-electron chi connectivity index (χ0n) is 18.3. The number of fused-ring (bicyclic) bond motifs is 1. The summed E-state index contributed by atoms with van der Waals surface area (Å²) in [5, 5.41) is 11.2. The van der Waals surface area contributed by atoms with Gasteiger partial charge in [0.15, 0.2) is 11.0 Å². The molecule has 0 aliphatic heterocycles. The van der Waals surface area contributed by atoms with Gasteiger partial charge in [-0.25, -0.2) is 4.39 Å². The lowest BCUT2D eigenvalue weighted by molar-refractivity contribution is -0.271. The number of aliphatic hydroxyl groups is 1. The Morgan fingerprint density at radius 3 is 2.38 bits per heavy atom. The molecule has 0 saturated heterocycles. The van der Waals surface area contributed by atoms with E-state index < -0.39 is 36.0 Å². The van der Waals surface area contributed by atoms with Gasteiger partial charge in [-0.05, 0) is 49.1 Å². The molecule has 3 aromatic rings. The molecule has 1 atom stereocenters. The SMILES string of the molecule is COc1ccc(F)cc1C(C)(C)CC(O)(Cn1ccc(=O)c2cc(C)ccc21)C(F)(F)F. The van der Waals surface area contributed by atoms with E-state index in [1.54, 1.807) is 25.1 Å². The molecule has 4 nitrogen and oxygen atoms in total. The van der Waals surface area contributed by atoms with Gasteiger partial charge in [0, 0.05) is 23.2 Å². The largest absolute Gasteiger partial charge is 0.496 e. The molecular weight excluding hydrogens is 426 g/mol. The van der Waals surface area contributed by atoms with E-state index in [1.165, 1.54) is 43.9 Å². The highest BCUT2D eigenvalue weighted by Crippen LogP contribution is 2.44. The van der Waals surface area contributed by atoms with Crippen LogP contribution in [0.1, 0.15) is 31.4 Å². The summed E-state index contributed by atoms with van der Waals surface area (Å²) in [5.74, 6) is -0.392. The minimum atomic E-state index is -5.00. The van der Waals surface area contributed by atoms with Crippen molar-refractivity contribution in [3.63, 3.8) is 0 Å². The van der Waals surface area contributed by atoms with Crippen molar-refractivity contribution in [2.75, 3.05) is 7.11 Å². The van der Waals surface area contributed by atoms with Gasteiger partial charge >= 0.3 is 6.18 Å². The third-order valence-electron chi connectivity index (χ3n) is 5.72. The first-order chi connectivity index (χ1) is 14.8. The van der Waals surface area contributed by atoms with E-state index in [9.17, 15) is 27.5 Å². The van der Waals surface area contributed by atoms with E-state index in [1.807, 2.05) is 0 Å². The van der Waals surface area contributed by atoms with Gasteiger partial charge < -0.3 is 14.4 Å². The van der Waals surface area contributed by atoms with Crippen LogP contribution < -0.4 is 10.2 Å². The van der Waals surface area contributed by atoms with Crippen LogP contribution in [0.5, 0.6) is 5.75 Å². The number of hydrogen-bond acceptors (Lipinski definition) is 3. The molecule has 1 N–H and O–H groups in total. The fourth-order valence-corrected chi connectivity index (χ4v) is 4.13. The third-order valence-corrected chi connectivity index (χ3v) is 5.72. The van der Waals surface area contributed by atoms with Gasteiger partial charge in [0.05, 0.1) is 19.2 Å². The monoisotopic (exact) mass is 451 g/mol. The van der Waals surface area contributed by atoms with Crippen molar-refractivity contribution in [1.29, 1.82) is 0 Å². The summed E-state index contributed by atoms with van der Waals surface area (Å²) in [6.45, 7) is 3.93. The standard InChI is InChI=1S/C24H25F4NO3/c1-15-5-7-19-17(11-15)20(30)9-10-29(19)14-23(31,24(26,27)28)13-22(2,3)18-12-16(25)6-8-21(18)32-4/h5-12,31H,13-14H2,1-4H3. The quantitative estimate of drug-likeness (QED) is 0.530. The Kier molecular flexibility index (Phi) is 6.12. The summed E-state index contributed by atoms with van der Waals surface area (Å²) in [5.41, 5.74) is -3.50. The molecule has 1 heterocycles. The number of ether oxygens (including phenoxy) is 1. The Morgan fingerprint density at radius 1 is 1.06 bits per heavy atom. The number of pyridine rings is 1. The van der Waals surface area contributed by atoms with Crippen LogP contribution in [0.4, 0.5) is 17.6 Å². The highest BCUT2D eigenvalue weighted by molar-refractivity contribution is 5.79. The molecule has 172 valence electrons. The van der Waals surface area contributed by atoms with E-state index in [2.05, 4.69) is 0 Å². The van der Waals surface area contributed by atoms with E-state index in [0.717, 1.165) is 17.7 Å². The van der Waals surface area contributed by atoms with Crippen LogP contribution in [0.15, 0.2) is 53.5 Å². The molecule has 0 aliphatic rings. The van der Waals surface area contributed by atoms with Crippen LogP contribution in [-0.4, -0.2) is 28.6 Å².